The predicted octanol–water partition coefficient (Wildman–Crippen LogP) is 2.50. The van der Waals surface area contributed by atoms with E-state index in [2.05, 4.69) is 22.2 Å². The molecular formula is C13H21N3. The zero-order chi connectivity index (χ0) is 11.2. The Hall–Kier alpha value is -0.960. The molecule has 0 saturated heterocycles. The summed E-state index contributed by atoms with van der Waals surface area (Å²) in [5.41, 5.74) is 1.30. The summed E-state index contributed by atoms with van der Waals surface area (Å²) in [5.74, 6) is 0.612. The zero-order valence-electron chi connectivity index (χ0n) is 10.0. The average molecular weight is 219 g/mol. The van der Waals surface area contributed by atoms with Gasteiger partial charge in [0.2, 0.25) is 0 Å². The van der Waals surface area contributed by atoms with E-state index in [1.54, 1.807) is 6.33 Å². The average Bonchev–Trinajstić information content (AvgIpc) is 2.38. The highest BCUT2D eigenvalue weighted by atomic mass is 14.9. The molecule has 1 aromatic heterocycles. The SMILES string of the molecule is CCCNC1CCCCC1c1cncnc1. The lowest BCUT2D eigenvalue weighted by Crippen LogP contribution is -2.37. The summed E-state index contributed by atoms with van der Waals surface area (Å²) in [5, 5.41) is 3.66. The minimum Gasteiger partial charge on any atom is -0.313 e. The molecule has 0 spiro atoms. The second kappa shape index (κ2) is 5.94. The first-order valence-electron chi connectivity index (χ1n) is 6.40. The van der Waals surface area contributed by atoms with Crippen LogP contribution in [0.15, 0.2) is 18.7 Å². The summed E-state index contributed by atoms with van der Waals surface area (Å²) in [7, 11) is 0. The van der Waals surface area contributed by atoms with Crippen molar-refractivity contribution in [1.82, 2.24) is 15.3 Å². The number of hydrogen-bond donors (Lipinski definition) is 1. The summed E-state index contributed by atoms with van der Waals surface area (Å²) < 4.78 is 0. The second-order valence-corrected chi connectivity index (χ2v) is 4.62. The quantitative estimate of drug-likeness (QED) is 0.845. The molecule has 88 valence electrons. The maximum atomic E-state index is 4.14. The predicted molar refractivity (Wildman–Crippen MR) is 65.3 cm³/mol. The van der Waals surface area contributed by atoms with Crippen molar-refractivity contribution in [2.75, 3.05) is 6.54 Å². The highest BCUT2D eigenvalue weighted by molar-refractivity contribution is 5.14. The van der Waals surface area contributed by atoms with Crippen LogP contribution in [0.5, 0.6) is 0 Å². The molecule has 0 bridgehead atoms. The molecule has 3 heteroatoms. The molecule has 2 unspecified atom stereocenters. The van der Waals surface area contributed by atoms with E-state index in [-0.39, 0.29) is 0 Å². The Morgan fingerprint density at radius 3 is 2.75 bits per heavy atom. The van der Waals surface area contributed by atoms with Gasteiger partial charge in [0, 0.05) is 24.4 Å². The molecule has 0 amide bonds. The molecule has 0 radical (unpaired) electrons. The van der Waals surface area contributed by atoms with Crippen molar-refractivity contribution in [1.29, 1.82) is 0 Å². The van der Waals surface area contributed by atoms with Gasteiger partial charge in [-0.15, -0.1) is 0 Å². The first kappa shape index (κ1) is 11.5. The van der Waals surface area contributed by atoms with Crippen LogP contribution in [0.2, 0.25) is 0 Å². The van der Waals surface area contributed by atoms with Crippen LogP contribution in [0.1, 0.15) is 50.5 Å². The van der Waals surface area contributed by atoms with Gasteiger partial charge >= 0.3 is 0 Å². The lowest BCUT2D eigenvalue weighted by molar-refractivity contribution is 0.327. The topological polar surface area (TPSA) is 37.8 Å². The van der Waals surface area contributed by atoms with Crippen LogP contribution in [0, 0.1) is 0 Å². The Bertz CT molecular complexity index is 299. The Kier molecular flexibility index (Phi) is 4.28. The fourth-order valence-corrected chi connectivity index (χ4v) is 2.61. The fraction of sp³-hybridized carbons (Fsp3) is 0.692. The summed E-state index contributed by atoms with van der Waals surface area (Å²) in [4.78, 5) is 8.27. The Balaban J connectivity index is 2.04. The molecule has 1 aromatic rings. The van der Waals surface area contributed by atoms with Crippen molar-refractivity contribution in [2.45, 2.75) is 51.0 Å². The van der Waals surface area contributed by atoms with Gasteiger partial charge in [-0.25, -0.2) is 9.97 Å². The summed E-state index contributed by atoms with van der Waals surface area (Å²) in [6.07, 6.45) is 12.0. The van der Waals surface area contributed by atoms with Gasteiger partial charge in [-0.1, -0.05) is 19.8 Å². The van der Waals surface area contributed by atoms with Crippen molar-refractivity contribution in [3.05, 3.63) is 24.3 Å². The summed E-state index contributed by atoms with van der Waals surface area (Å²) in [6.45, 7) is 3.34. The fourth-order valence-electron chi connectivity index (χ4n) is 2.61. The minimum atomic E-state index is 0.612. The molecule has 0 aliphatic heterocycles. The Labute approximate surface area is 97.7 Å². The second-order valence-electron chi connectivity index (χ2n) is 4.62. The van der Waals surface area contributed by atoms with E-state index in [1.165, 1.54) is 37.7 Å². The van der Waals surface area contributed by atoms with Crippen LogP contribution in [-0.2, 0) is 0 Å². The highest BCUT2D eigenvalue weighted by Crippen LogP contribution is 2.32. The van der Waals surface area contributed by atoms with Gasteiger partial charge in [0.05, 0.1) is 0 Å². The molecule has 1 saturated carbocycles. The number of nitrogens with zero attached hydrogens (tertiary/aromatic N) is 2. The van der Waals surface area contributed by atoms with Crippen molar-refractivity contribution in [3.8, 4) is 0 Å². The molecule has 2 rings (SSSR count). The van der Waals surface area contributed by atoms with Gasteiger partial charge in [-0.05, 0) is 31.4 Å². The molecule has 16 heavy (non-hydrogen) atoms. The standard InChI is InChI=1S/C13H21N3/c1-2-7-16-13-6-4-3-5-12(13)11-8-14-10-15-9-11/h8-10,12-13,16H,2-7H2,1H3. The molecule has 0 aromatic carbocycles. The molecule has 1 aliphatic carbocycles. The number of rotatable bonds is 4. The maximum absolute atomic E-state index is 4.14. The van der Waals surface area contributed by atoms with Crippen LogP contribution in [0.4, 0.5) is 0 Å². The van der Waals surface area contributed by atoms with E-state index >= 15 is 0 Å². The van der Waals surface area contributed by atoms with Gasteiger partial charge in [0.25, 0.3) is 0 Å². The van der Waals surface area contributed by atoms with E-state index in [0.29, 0.717) is 12.0 Å². The molecule has 1 fully saturated rings. The Morgan fingerprint density at radius 1 is 1.25 bits per heavy atom. The van der Waals surface area contributed by atoms with Gasteiger partial charge in [0.15, 0.2) is 0 Å². The van der Waals surface area contributed by atoms with Crippen molar-refractivity contribution in [3.63, 3.8) is 0 Å². The molecule has 2 atom stereocenters. The van der Waals surface area contributed by atoms with Crippen LogP contribution < -0.4 is 5.32 Å². The largest absolute Gasteiger partial charge is 0.313 e. The minimum absolute atomic E-state index is 0.612. The van der Waals surface area contributed by atoms with E-state index in [0.717, 1.165) is 6.54 Å². The van der Waals surface area contributed by atoms with Gasteiger partial charge in [-0.3, -0.25) is 0 Å². The number of aromatic nitrogens is 2. The zero-order valence-corrected chi connectivity index (χ0v) is 10.0. The van der Waals surface area contributed by atoms with E-state index in [4.69, 9.17) is 0 Å². The molecule has 3 nitrogen and oxygen atoms in total. The molecule has 1 aliphatic rings. The van der Waals surface area contributed by atoms with Gasteiger partial charge in [-0.2, -0.15) is 0 Å². The summed E-state index contributed by atoms with van der Waals surface area (Å²) >= 11 is 0. The van der Waals surface area contributed by atoms with Crippen LogP contribution >= 0.6 is 0 Å². The van der Waals surface area contributed by atoms with E-state index in [9.17, 15) is 0 Å². The van der Waals surface area contributed by atoms with Gasteiger partial charge < -0.3 is 5.32 Å². The van der Waals surface area contributed by atoms with Crippen molar-refractivity contribution >= 4 is 0 Å². The van der Waals surface area contributed by atoms with Crippen LogP contribution in [0.25, 0.3) is 0 Å². The monoisotopic (exact) mass is 219 g/mol. The third-order valence-electron chi connectivity index (χ3n) is 3.43. The van der Waals surface area contributed by atoms with Gasteiger partial charge in [0.1, 0.15) is 6.33 Å². The van der Waals surface area contributed by atoms with Crippen LogP contribution in [-0.4, -0.2) is 22.6 Å². The molecule has 1 heterocycles. The normalized spacial score (nSPS) is 25.6. The third-order valence-corrected chi connectivity index (χ3v) is 3.43. The lowest BCUT2D eigenvalue weighted by Gasteiger charge is -2.32. The van der Waals surface area contributed by atoms with E-state index in [1.807, 2.05) is 12.4 Å². The first-order valence-corrected chi connectivity index (χ1v) is 6.40. The third kappa shape index (κ3) is 2.79. The van der Waals surface area contributed by atoms with Crippen molar-refractivity contribution < 1.29 is 0 Å². The van der Waals surface area contributed by atoms with Crippen LogP contribution in [0.3, 0.4) is 0 Å². The molecular weight excluding hydrogens is 198 g/mol. The smallest absolute Gasteiger partial charge is 0.115 e. The highest BCUT2D eigenvalue weighted by Gasteiger charge is 2.25. The molecule has 1 N–H and O–H groups in total. The number of hydrogen-bond acceptors (Lipinski definition) is 3. The first-order chi connectivity index (χ1) is 7.92. The Morgan fingerprint density at radius 2 is 2.00 bits per heavy atom. The lowest BCUT2D eigenvalue weighted by atomic mass is 9.81. The van der Waals surface area contributed by atoms with E-state index < -0.39 is 0 Å². The van der Waals surface area contributed by atoms with Crippen molar-refractivity contribution in [2.24, 2.45) is 0 Å². The summed E-state index contributed by atoms with van der Waals surface area (Å²) in [6, 6.07) is 0.625. The number of nitrogens with one attached hydrogen (secondary N) is 1. The maximum Gasteiger partial charge on any atom is 0.115 e.